The fourth-order valence-electron chi connectivity index (χ4n) is 2.39. The van der Waals surface area contributed by atoms with Crippen molar-refractivity contribution in [2.75, 3.05) is 13.3 Å². The molecule has 1 aliphatic rings. The van der Waals surface area contributed by atoms with Gasteiger partial charge < -0.3 is 19.9 Å². The fourth-order valence-corrected chi connectivity index (χ4v) is 2.39. The van der Waals surface area contributed by atoms with Gasteiger partial charge in [-0.25, -0.2) is 0 Å². The second kappa shape index (κ2) is 6.16. The lowest BCUT2D eigenvalue weighted by Crippen LogP contribution is -2.24. The number of hydrogen-bond acceptors (Lipinski definition) is 4. The summed E-state index contributed by atoms with van der Waals surface area (Å²) in [5.41, 5.74) is 2.03. The van der Waals surface area contributed by atoms with Crippen LogP contribution in [0.1, 0.15) is 30.2 Å². The van der Waals surface area contributed by atoms with E-state index in [1.54, 1.807) is 0 Å². The van der Waals surface area contributed by atoms with Gasteiger partial charge in [-0.05, 0) is 30.2 Å². The third-order valence-corrected chi connectivity index (χ3v) is 3.70. The SMILES string of the molecule is C[C@@H](NC[C@H](O)c1ccc2c(c1)OCO2)c1ccccc1. The molecule has 1 aliphatic heterocycles. The maximum absolute atomic E-state index is 10.3. The minimum Gasteiger partial charge on any atom is -0.454 e. The summed E-state index contributed by atoms with van der Waals surface area (Å²) in [5.74, 6) is 1.43. The van der Waals surface area contributed by atoms with Crippen LogP contribution in [0.2, 0.25) is 0 Å². The summed E-state index contributed by atoms with van der Waals surface area (Å²) in [6.45, 7) is 2.82. The Morgan fingerprint density at radius 2 is 1.81 bits per heavy atom. The first kappa shape index (κ1) is 13.9. The number of hydrogen-bond donors (Lipinski definition) is 2. The first-order valence-electron chi connectivity index (χ1n) is 7.10. The van der Waals surface area contributed by atoms with Crippen LogP contribution in [-0.4, -0.2) is 18.4 Å². The lowest BCUT2D eigenvalue weighted by Gasteiger charge is -2.18. The van der Waals surface area contributed by atoms with Crippen LogP contribution in [0.5, 0.6) is 11.5 Å². The number of ether oxygens (including phenoxy) is 2. The zero-order chi connectivity index (χ0) is 14.7. The summed E-state index contributed by atoms with van der Waals surface area (Å²) in [6, 6.07) is 15.9. The third kappa shape index (κ3) is 3.17. The standard InChI is InChI=1S/C17H19NO3/c1-12(13-5-3-2-4-6-13)18-10-15(19)14-7-8-16-17(9-14)21-11-20-16/h2-9,12,15,18-19H,10-11H2,1H3/t12-,15+/m1/s1. The largest absolute Gasteiger partial charge is 0.454 e. The van der Waals surface area contributed by atoms with Crippen molar-refractivity contribution >= 4 is 0 Å². The molecule has 0 aliphatic carbocycles. The molecule has 2 aromatic carbocycles. The van der Waals surface area contributed by atoms with Crippen LogP contribution in [0.15, 0.2) is 48.5 Å². The number of nitrogens with one attached hydrogen (secondary N) is 1. The number of rotatable bonds is 5. The van der Waals surface area contributed by atoms with Crippen LogP contribution in [0.3, 0.4) is 0 Å². The van der Waals surface area contributed by atoms with E-state index in [2.05, 4.69) is 24.4 Å². The predicted octanol–water partition coefficient (Wildman–Crippen LogP) is 2.80. The maximum atomic E-state index is 10.3. The lowest BCUT2D eigenvalue weighted by atomic mass is 10.1. The highest BCUT2D eigenvalue weighted by atomic mass is 16.7. The maximum Gasteiger partial charge on any atom is 0.231 e. The molecule has 0 fully saturated rings. The van der Waals surface area contributed by atoms with Gasteiger partial charge in [-0.15, -0.1) is 0 Å². The Balaban J connectivity index is 1.60. The molecule has 110 valence electrons. The molecule has 2 aromatic rings. The van der Waals surface area contributed by atoms with Crippen LogP contribution in [0.25, 0.3) is 0 Å². The molecule has 2 N–H and O–H groups in total. The van der Waals surface area contributed by atoms with Crippen molar-refractivity contribution < 1.29 is 14.6 Å². The topological polar surface area (TPSA) is 50.7 Å². The van der Waals surface area contributed by atoms with Gasteiger partial charge in [0.15, 0.2) is 11.5 Å². The van der Waals surface area contributed by atoms with Gasteiger partial charge in [0.2, 0.25) is 6.79 Å². The van der Waals surface area contributed by atoms with Gasteiger partial charge in [-0.2, -0.15) is 0 Å². The lowest BCUT2D eigenvalue weighted by molar-refractivity contribution is 0.168. The Hall–Kier alpha value is -2.04. The molecule has 3 rings (SSSR count). The Morgan fingerprint density at radius 3 is 2.62 bits per heavy atom. The molecule has 0 saturated carbocycles. The van der Waals surface area contributed by atoms with E-state index in [-0.39, 0.29) is 12.8 Å². The predicted molar refractivity (Wildman–Crippen MR) is 80.4 cm³/mol. The summed E-state index contributed by atoms with van der Waals surface area (Å²) < 4.78 is 10.6. The number of aliphatic hydroxyl groups is 1. The van der Waals surface area contributed by atoms with Crippen molar-refractivity contribution in [2.45, 2.75) is 19.1 Å². The highest BCUT2D eigenvalue weighted by molar-refractivity contribution is 5.45. The highest BCUT2D eigenvalue weighted by Crippen LogP contribution is 2.34. The van der Waals surface area contributed by atoms with E-state index in [1.807, 2.05) is 36.4 Å². The van der Waals surface area contributed by atoms with Crippen molar-refractivity contribution in [1.29, 1.82) is 0 Å². The average molecular weight is 285 g/mol. The average Bonchev–Trinajstić information content (AvgIpc) is 3.00. The Kier molecular flexibility index (Phi) is 4.08. The molecule has 0 aromatic heterocycles. The minimum atomic E-state index is -0.578. The van der Waals surface area contributed by atoms with Crippen molar-refractivity contribution in [3.05, 3.63) is 59.7 Å². The smallest absolute Gasteiger partial charge is 0.231 e. The van der Waals surface area contributed by atoms with Crippen LogP contribution in [0, 0.1) is 0 Å². The van der Waals surface area contributed by atoms with Gasteiger partial charge in [0.05, 0.1) is 6.10 Å². The van der Waals surface area contributed by atoms with E-state index in [9.17, 15) is 5.11 Å². The van der Waals surface area contributed by atoms with Crippen molar-refractivity contribution in [3.8, 4) is 11.5 Å². The summed E-state index contributed by atoms with van der Waals surface area (Å²) >= 11 is 0. The van der Waals surface area contributed by atoms with E-state index in [0.717, 1.165) is 11.3 Å². The molecule has 2 atom stereocenters. The van der Waals surface area contributed by atoms with E-state index in [1.165, 1.54) is 5.56 Å². The monoisotopic (exact) mass is 285 g/mol. The molecule has 0 unspecified atom stereocenters. The Morgan fingerprint density at radius 1 is 1.05 bits per heavy atom. The Bertz CT molecular complexity index is 600. The van der Waals surface area contributed by atoms with Crippen molar-refractivity contribution in [1.82, 2.24) is 5.32 Å². The van der Waals surface area contributed by atoms with Crippen LogP contribution in [-0.2, 0) is 0 Å². The molecule has 4 nitrogen and oxygen atoms in total. The third-order valence-electron chi connectivity index (χ3n) is 3.70. The quantitative estimate of drug-likeness (QED) is 0.887. The van der Waals surface area contributed by atoms with E-state index >= 15 is 0 Å². The van der Waals surface area contributed by atoms with Crippen molar-refractivity contribution in [2.24, 2.45) is 0 Å². The minimum absolute atomic E-state index is 0.190. The zero-order valence-corrected chi connectivity index (χ0v) is 12.0. The number of fused-ring (bicyclic) bond motifs is 1. The number of benzene rings is 2. The van der Waals surface area contributed by atoms with Crippen LogP contribution in [0.4, 0.5) is 0 Å². The number of aliphatic hydroxyl groups excluding tert-OH is 1. The molecule has 4 heteroatoms. The van der Waals surface area contributed by atoms with Gasteiger partial charge in [0.25, 0.3) is 0 Å². The van der Waals surface area contributed by atoms with Gasteiger partial charge in [-0.3, -0.25) is 0 Å². The molecule has 1 heterocycles. The zero-order valence-electron chi connectivity index (χ0n) is 12.0. The molecule has 21 heavy (non-hydrogen) atoms. The highest BCUT2D eigenvalue weighted by Gasteiger charge is 2.17. The Labute approximate surface area is 124 Å². The normalized spacial score (nSPS) is 15.7. The molecule has 0 saturated heterocycles. The molecular formula is C17H19NO3. The van der Waals surface area contributed by atoms with E-state index in [4.69, 9.17) is 9.47 Å². The molecule has 0 spiro atoms. The first-order chi connectivity index (χ1) is 10.2. The summed E-state index contributed by atoms with van der Waals surface area (Å²) in [7, 11) is 0. The van der Waals surface area contributed by atoms with Gasteiger partial charge >= 0.3 is 0 Å². The van der Waals surface area contributed by atoms with Gasteiger partial charge in [0.1, 0.15) is 0 Å². The summed E-state index contributed by atoms with van der Waals surface area (Å²) in [4.78, 5) is 0. The molecule has 0 amide bonds. The fraction of sp³-hybridized carbons (Fsp3) is 0.294. The van der Waals surface area contributed by atoms with Crippen molar-refractivity contribution in [3.63, 3.8) is 0 Å². The van der Waals surface area contributed by atoms with Crippen LogP contribution >= 0.6 is 0 Å². The molecule has 0 bridgehead atoms. The summed E-state index contributed by atoms with van der Waals surface area (Å²) in [6.07, 6.45) is -0.578. The first-order valence-corrected chi connectivity index (χ1v) is 7.10. The van der Waals surface area contributed by atoms with Gasteiger partial charge in [-0.1, -0.05) is 36.4 Å². The van der Waals surface area contributed by atoms with E-state index < -0.39 is 6.10 Å². The second-order valence-corrected chi connectivity index (χ2v) is 5.17. The summed E-state index contributed by atoms with van der Waals surface area (Å²) in [5, 5.41) is 13.6. The molecule has 0 radical (unpaired) electrons. The second-order valence-electron chi connectivity index (χ2n) is 5.17. The van der Waals surface area contributed by atoms with Crippen LogP contribution < -0.4 is 14.8 Å². The van der Waals surface area contributed by atoms with Gasteiger partial charge in [0, 0.05) is 12.6 Å². The van der Waals surface area contributed by atoms with E-state index in [0.29, 0.717) is 12.3 Å². The molecular weight excluding hydrogens is 266 g/mol.